The van der Waals surface area contributed by atoms with Gasteiger partial charge in [0.1, 0.15) is 4.90 Å². The highest BCUT2D eigenvalue weighted by Crippen LogP contribution is 2.27. The highest BCUT2D eigenvalue weighted by atomic mass is 35.5. The number of hydrogen-bond acceptors (Lipinski definition) is 4. The summed E-state index contributed by atoms with van der Waals surface area (Å²) in [4.78, 5) is -0.122. The highest BCUT2D eigenvalue weighted by Gasteiger charge is 2.20. The molecule has 0 bridgehead atoms. The lowest BCUT2D eigenvalue weighted by molar-refractivity contribution is 0.556. The first-order valence-electron chi connectivity index (χ1n) is 7.65. The van der Waals surface area contributed by atoms with Gasteiger partial charge in [-0.3, -0.25) is 4.72 Å². The van der Waals surface area contributed by atoms with Gasteiger partial charge in [-0.2, -0.15) is 0 Å². The predicted octanol–water partition coefficient (Wildman–Crippen LogP) is 3.87. The summed E-state index contributed by atoms with van der Waals surface area (Å²) >= 11 is 11.8. The van der Waals surface area contributed by atoms with Crippen LogP contribution in [-0.2, 0) is 20.0 Å². The molecule has 0 saturated heterocycles. The van der Waals surface area contributed by atoms with Gasteiger partial charge in [0.25, 0.3) is 10.0 Å². The van der Waals surface area contributed by atoms with Gasteiger partial charge in [-0.15, -0.1) is 0 Å². The zero-order chi connectivity index (χ0) is 19.5. The Hall–Kier alpha value is -1.32. The van der Waals surface area contributed by atoms with E-state index in [0.29, 0.717) is 6.42 Å². The SMILES string of the molecule is CCC(C)NS(=O)(=O)c1ccc(NS(=O)(=O)c2cc(Cl)ccc2Cl)cc1. The van der Waals surface area contributed by atoms with Crippen molar-refractivity contribution in [1.82, 2.24) is 4.72 Å². The first-order chi connectivity index (χ1) is 12.0. The topological polar surface area (TPSA) is 92.3 Å². The maximum absolute atomic E-state index is 12.5. The van der Waals surface area contributed by atoms with Gasteiger partial charge in [0.15, 0.2) is 0 Å². The molecule has 0 amide bonds. The van der Waals surface area contributed by atoms with Gasteiger partial charge in [0, 0.05) is 16.8 Å². The van der Waals surface area contributed by atoms with Crippen LogP contribution in [-0.4, -0.2) is 22.9 Å². The third-order valence-corrected chi connectivity index (χ3v) is 7.27. The highest BCUT2D eigenvalue weighted by molar-refractivity contribution is 7.92. The molecule has 0 aliphatic carbocycles. The minimum Gasteiger partial charge on any atom is -0.280 e. The standard InChI is InChI=1S/C16H18Cl2N2O4S2/c1-3-11(2)19-25(21,22)14-7-5-13(6-8-14)20-26(23,24)16-10-12(17)4-9-15(16)18/h4-11,19-20H,3H2,1-2H3. The van der Waals surface area contributed by atoms with Crippen LogP contribution in [0.4, 0.5) is 5.69 Å². The minimum atomic E-state index is -3.97. The molecule has 0 aliphatic heterocycles. The molecule has 10 heteroatoms. The zero-order valence-electron chi connectivity index (χ0n) is 14.0. The van der Waals surface area contributed by atoms with Gasteiger partial charge >= 0.3 is 0 Å². The van der Waals surface area contributed by atoms with Crippen LogP contribution in [0.2, 0.25) is 10.0 Å². The summed E-state index contributed by atoms with van der Waals surface area (Å²) in [7, 11) is -7.63. The number of rotatable bonds is 7. The summed E-state index contributed by atoms with van der Waals surface area (Å²) < 4.78 is 54.2. The molecule has 1 atom stereocenters. The lowest BCUT2D eigenvalue weighted by Crippen LogP contribution is -2.31. The Morgan fingerprint density at radius 3 is 2.15 bits per heavy atom. The average Bonchev–Trinajstić information content (AvgIpc) is 2.56. The van der Waals surface area contributed by atoms with Crippen LogP contribution in [0.1, 0.15) is 20.3 Å². The molecule has 0 spiro atoms. The zero-order valence-corrected chi connectivity index (χ0v) is 17.2. The summed E-state index contributed by atoms with van der Waals surface area (Å²) in [5.74, 6) is 0. The first kappa shape index (κ1) is 21.0. The summed E-state index contributed by atoms with van der Waals surface area (Å²) in [6, 6.07) is 9.26. The monoisotopic (exact) mass is 436 g/mol. The van der Waals surface area contributed by atoms with Crippen LogP contribution in [0.5, 0.6) is 0 Å². The molecule has 6 nitrogen and oxygen atoms in total. The Labute approximate surface area is 163 Å². The molecule has 2 N–H and O–H groups in total. The molecule has 0 radical (unpaired) electrons. The molecule has 2 aromatic rings. The summed E-state index contributed by atoms with van der Waals surface area (Å²) in [5, 5.41) is 0.256. The summed E-state index contributed by atoms with van der Waals surface area (Å²) in [6.45, 7) is 3.63. The van der Waals surface area contributed by atoms with Gasteiger partial charge in [-0.1, -0.05) is 30.1 Å². The molecule has 0 heterocycles. The Bertz CT molecular complexity index is 991. The maximum Gasteiger partial charge on any atom is 0.263 e. The number of hydrogen-bond donors (Lipinski definition) is 2. The molecule has 26 heavy (non-hydrogen) atoms. The van der Waals surface area contributed by atoms with E-state index in [2.05, 4.69) is 9.44 Å². The van der Waals surface area contributed by atoms with E-state index in [1.54, 1.807) is 6.92 Å². The van der Waals surface area contributed by atoms with E-state index in [0.717, 1.165) is 0 Å². The normalized spacial score (nSPS) is 13.4. The van der Waals surface area contributed by atoms with Crippen LogP contribution in [0.3, 0.4) is 0 Å². The van der Waals surface area contributed by atoms with E-state index >= 15 is 0 Å². The van der Waals surface area contributed by atoms with Crippen molar-refractivity contribution in [3.63, 3.8) is 0 Å². The minimum absolute atomic E-state index is 0.0267. The molecule has 0 aromatic heterocycles. The van der Waals surface area contributed by atoms with Crippen LogP contribution < -0.4 is 9.44 Å². The third kappa shape index (κ3) is 5.11. The van der Waals surface area contributed by atoms with Crippen molar-refractivity contribution >= 4 is 48.9 Å². The Kier molecular flexibility index (Phi) is 6.57. The van der Waals surface area contributed by atoms with Gasteiger partial charge in [-0.05, 0) is 55.8 Å². The number of nitrogens with one attached hydrogen (secondary N) is 2. The number of anilines is 1. The molecule has 0 aliphatic rings. The second-order valence-corrected chi connectivity index (χ2v) is 9.84. The average molecular weight is 437 g/mol. The smallest absolute Gasteiger partial charge is 0.263 e. The van der Waals surface area contributed by atoms with Crippen LogP contribution >= 0.6 is 23.2 Å². The molecule has 0 saturated carbocycles. The van der Waals surface area contributed by atoms with Crippen molar-refractivity contribution in [3.8, 4) is 0 Å². The number of halogens is 2. The van der Waals surface area contributed by atoms with E-state index < -0.39 is 20.0 Å². The van der Waals surface area contributed by atoms with Crippen molar-refractivity contribution in [1.29, 1.82) is 0 Å². The Balaban J connectivity index is 2.25. The molecule has 1 unspecified atom stereocenters. The van der Waals surface area contributed by atoms with E-state index in [1.807, 2.05) is 6.92 Å². The quantitative estimate of drug-likeness (QED) is 0.688. The predicted molar refractivity (Wildman–Crippen MR) is 104 cm³/mol. The first-order valence-corrected chi connectivity index (χ1v) is 11.4. The van der Waals surface area contributed by atoms with Gasteiger partial charge in [0.2, 0.25) is 10.0 Å². The van der Waals surface area contributed by atoms with E-state index in [-0.39, 0.29) is 31.6 Å². The fourth-order valence-electron chi connectivity index (χ4n) is 2.01. The Morgan fingerprint density at radius 1 is 0.962 bits per heavy atom. The largest absolute Gasteiger partial charge is 0.280 e. The van der Waals surface area contributed by atoms with Crippen molar-refractivity contribution in [2.45, 2.75) is 36.1 Å². The fraction of sp³-hybridized carbons (Fsp3) is 0.250. The lowest BCUT2D eigenvalue weighted by atomic mass is 10.3. The number of benzene rings is 2. The second-order valence-electron chi connectivity index (χ2n) is 5.64. The van der Waals surface area contributed by atoms with E-state index in [4.69, 9.17) is 23.2 Å². The van der Waals surface area contributed by atoms with Gasteiger partial charge in [0.05, 0.1) is 9.92 Å². The second kappa shape index (κ2) is 8.14. The van der Waals surface area contributed by atoms with Gasteiger partial charge in [-0.25, -0.2) is 21.6 Å². The van der Waals surface area contributed by atoms with Crippen LogP contribution in [0, 0.1) is 0 Å². The lowest BCUT2D eigenvalue weighted by Gasteiger charge is -2.13. The van der Waals surface area contributed by atoms with Crippen molar-refractivity contribution in [3.05, 3.63) is 52.5 Å². The van der Waals surface area contributed by atoms with Crippen LogP contribution in [0.15, 0.2) is 52.3 Å². The Morgan fingerprint density at radius 2 is 1.58 bits per heavy atom. The molecular weight excluding hydrogens is 419 g/mol. The van der Waals surface area contributed by atoms with Crippen molar-refractivity contribution in [2.24, 2.45) is 0 Å². The van der Waals surface area contributed by atoms with E-state index in [1.165, 1.54) is 42.5 Å². The number of sulfonamides is 2. The van der Waals surface area contributed by atoms with Crippen LogP contribution in [0.25, 0.3) is 0 Å². The molecule has 2 aromatic carbocycles. The molecular formula is C16H18Cl2N2O4S2. The maximum atomic E-state index is 12.5. The van der Waals surface area contributed by atoms with Crippen molar-refractivity contribution in [2.75, 3.05) is 4.72 Å². The molecule has 2 rings (SSSR count). The van der Waals surface area contributed by atoms with E-state index in [9.17, 15) is 16.8 Å². The summed E-state index contributed by atoms with van der Waals surface area (Å²) in [6.07, 6.45) is 0.650. The van der Waals surface area contributed by atoms with Gasteiger partial charge < -0.3 is 0 Å². The van der Waals surface area contributed by atoms with Crippen molar-refractivity contribution < 1.29 is 16.8 Å². The third-order valence-electron chi connectivity index (χ3n) is 3.57. The molecule has 0 fully saturated rings. The molecule has 142 valence electrons. The summed E-state index contributed by atoms with van der Waals surface area (Å²) in [5.41, 5.74) is 0.198. The fourth-order valence-corrected chi connectivity index (χ4v) is 5.16.